The first kappa shape index (κ1) is 18.5. The topological polar surface area (TPSA) is 101 Å². The molecule has 0 saturated carbocycles. The van der Waals surface area contributed by atoms with Crippen molar-refractivity contribution < 1.29 is 23.5 Å². The number of rotatable bonds is 4. The normalized spacial score (nSPS) is 16.5. The van der Waals surface area contributed by atoms with E-state index in [1.165, 1.54) is 20.1 Å². The van der Waals surface area contributed by atoms with E-state index < -0.39 is 23.2 Å². The minimum absolute atomic E-state index is 0.163. The molecule has 1 aliphatic rings. The molecule has 1 aromatic heterocycles. The number of esters is 1. The number of furan rings is 1. The maximum atomic E-state index is 12.5. The van der Waals surface area contributed by atoms with Crippen LogP contribution in [0.1, 0.15) is 18.2 Å². The molecule has 3 rings (SSSR count). The molecule has 0 bridgehead atoms. The summed E-state index contributed by atoms with van der Waals surface area (Å²) in [5.74, 6) is -0.280. The third-order valence-electron chi connectivity index (χ3n) is 3.95. The van der Waals surface area contributed by atoms with Gasteiger partial charge in [-0.2, -0.15) is 5.26 Å². The van der Waals surface area contributed by atoms with Crippen molar-refractivity contribution in [3.63, 3.8) is 0 Å². The highest BCUT2D eigenvalue weighted by Crippen LogP contribution is 2.34. The predicted octanol–water partition coefficient (Wildman–Crippen LogP) is 3.42. The highest BCUT2D eigenvalue weighted by atomic mass is 32.2. The number of thioether (sulfide) groups is 1. The van der Waals surface area contributed by atoms with Crippen molar-refractivity contribution in [1.82, 2.24) is 4.90 Å². The van der Waals surface area contributed by atoms with Crippen LogP contribution in [0, 0.1) is 11.3 Å². The zero-order valence-corrected chi connectivity index (χ0v) is 15.3. The quantitative estimate of drug-likeness (QED) is 0.590. The fourth-order valence-corrected chi connectivity index (χ4v) is 3.40. The van der Waals surface area contributed by atoms with Gasteiger partial charge in [0.2, 0.25) is 0 Å². The van der Waals surface area contributed by atoms with Crippen LogP contribution in [0.3, 0.4) is 0 Å². The molecule has 2 aromatic rings. The van der Waals surface area contributed by atoms with Crippen LogP contribution in [0.15, 0.2) is 45.7 Å². The van der Waals surface area contributed by atoms with Crippen LogP contribution in [-0.4, -0.2) is 35.2 Å². The van der Waals surface area contributed by atoms with Crippen molar-refractivity contribution in [1.29, 1.82) is 5.26 Å². The molecule has 1 aromatic carbocycles. The molecule has 2 heterocycles. The molecule has 8 heteroatoms. The number of hydrogen-bond donors (Lipinski definition) is 0. The highest BCUT2D eigenvalue weighted by Gasteiger charge is 2.41. The zero-order valence-electron chi connectivity index (χ0n) is 14.5. The molecule has 0 unspecified atom stereocenters. The summed E-state index contributed by atoms with van der Waals surface area (Å²) in [5.41, 5.74) is 1.32. The number of amides is 2. The summed E-state index contributed by atoms with van der Waals surface area (Å²) in [5, 5.41) is 8.30. The van der Waals surface area contributed by atoms with Crippen LogP contribution in [0.4, 0.5) is 4.79 Å². The van der Waals surface area contributed by atoms with E-state index >= 15 is 0 Å². The first-order valence-corrected chi connectivity index (χ1v) is 8.71. The number of nitriles is 1. The van der Waals surface area contributed by atoms with Crippen molar-refractivity contribution in [2.75, 3.05) is 7.11 Å². The minimum Gasteiger partial charge on any atom is -0.467 e. The Balaban J connectivity index is 1.82. The van der Waals surface area contributed by atoms with Crippen LogP contribution >= 0.6 is 11.8 Å². The van der Waals surface area contributed by atoms with Crippen molar-refractivity contribution in [3.8, 4) is 17.4 Å². The Morgan fingerprint density at radius 1 is 1.26 bits per heavy atom. The molecule has 1 aliphatic heterocycles. The van der Waals surface area contributed by atoms with Crippen LogP contribution in [-0.2, 0) is 14.3 Å². The number of nitrogens with zero attached hydrogens (tertiary/aromatic N) is 2. The van der Waals surface area contributed by atoms with Crippen LogP contribution in [0.5, 0.6) is 0 Å². The lowest BCUT2D eigenvalue weighted by Gasteiger charge is -2.18. The van der Waals surface area contributed by atoms with Gasteiger partial charge in [0.25, 0.3) is 11.1 Å². The second-order valence-electron chi connectivity index (χ2n) is 5.64. The monoisotopic (exact) mass is 382 g/mol. The van der Waals surface area contributed by atoms with E-state index in [-0.39, 0.29) is 4.91 Å². The number of hydrogen-bond acceptors (Lipinski definition) is 7. The van der Waals surface area contributed by atoms with Gasteiger partial charge in [0, 0.05) is 11.6 Å². The molecule has 0 N–H and O–H groups in total. The number of carbonyl (C=O) groups excluding carboxylic acids is 3. The molecule has 7 nitrogen and oxygen atoms in total. The second-order valence-corrected chi connectivity index (χ2v) is 6.64. The average Bonchev–Trinajstić information content (AvgIpc) is 3.25. The minimum atomic E-state index is -1.00. The summed E-state index contributed by atoms with van der Waals surface area (Å²) in [6, 6.07) is 11.3. The Kier molecular flexibility index (Phi) is 5.14. The lowest BCUT2D eigenvalue weighted by Crippen LogP contribution is -2.42. The van der Waals surface area contributed by atoms with Gasteiger partial charge in [0.1, 0.15) is 17.6 Å². The fraction of sp³-hybridized carbons (Fsp3) is 0.158. The molecule has 1 atom stereocenters. The van der Waals surface area contributed by atoms with E-state index in [9.17, 15) is 14.4 Å². The number of ether oxygens (including phenoxy) is 1. The molecule has 0 spiro atoms. The van der Waals surface area contributed by atoms with Gasteiger partial charge in [0.05, 0.1) is 23.6 Å². The summed E-state index contributed by atoms with van der Waals surface area (Å²) >= 11 is 0.738. The first-order valence-electron chi connectivity index (χ1n) is 7.90. The van der Waals surface area contributed by atoms with E-state index in [0.717, 1.165) is 22.2 Å². The molecule has 1 saturated heterocycles. The number of carbonyl (C=O) groups is 3. The molecule has 2 amide bonds. The van der Waals surface area contributed by atoms with Gasteiger partial charge in [-0.1, -0.05) is 0 Å². The van der Waals surface area contributed by atoms with E-state index in [1.807, 2.05) is 6.07 Å². The average molecular weight is 382 g/mol. The van der Waals surface area contributed by atoms with Crippen molar-refractivity contribution in [3.05, 3.63) is 52.6 Å². The number of methoxy groups -OCH3 is 1. The second kappa shape index (κ2) is 7.51. The molecule has 1 fully saturated rings. The molecule has 0 aliphatic carbocycles. The fourth-order valence-electron chi connectivity index (χ4n) is 2.51. The Morgan fingerprint density at radius 2 is 1.96 bits per heavy atom. The predicted molar refractivity (Wildman–Crippen MR) is 98.1 cm³/mol. The summed E-state index contributed by atoms with van der Waals surface area (Å²) in [6.07, 6.45) is 1.46. The third kappa shape index (κ3) is 3.64. The zero-order chi connectivity index (χ0) is 19.6. The van der Waals surface area contributed by atoms with Gasteiger partial charge in [-0.3, -0.25) is 14.5 Å². The van der Waals surface area contributed by atoms with Gasteiger partial charge in [-0.05, 0) is 55.1 Å². The Morgan fingerprint density at radius 3 is 2.59 bits per heavy atom. The van der Waals surface area contributed by atoms with Crippen molar-refractivity contribution in [2.45, 2.75) is 13.0 Å². The number of imide groups is 1. The summed E-state index contributed by atoms with van der Waals surface area (Å²) in [7, 11) is 1.20. The highest BCUT2D eigenvalue weighted by molar-refractivity contribution is 8.18. The SMILES string of the molecule is COC(=O)[C@@H](C)N1C(=O)S/C(=C/c2ccc(-c3ccc(C#N)cc3)o2)C1=O. The van der Waals surface area contributed by atoms with E-state index in [4.69, 9.17) is 9.68 Å². The van der Waals surface area contributed by atoms with E-state index in [0.29, 0.717) is 17.1 Å². The summed E-state index contributed by atoms with van der Waals surface area (Å²) in [6.45, 7) is 1.43. The number of benzene rings is 1. The van der Waals surface area contributed by atoms with Gasteiger partial charge >= 0.3 is 5.97 Å². The standard InChI is InChI=1S/C19H14N2O5S/c1-11(18(23)25-2)21-17(22)16(27-19(21)24)9-14-7-8-15(26-14)13-5-3-12(10-20)4-6-13/h3-9,11H,1-2H3/b16-9+/t11-/m1/s1. The smallest absolute Gasteiger partial charge is 0.328 e. The molecular formula is C19H14N2O5S. The van der Waals surface area contributed by atoms with Gasteiger partial charge in [-0.15, -0.1) is 0 Å². The van der Waals surface area contributed by atoms with Crippen LogP contribution in [0.25, 0.3) is 17.4 Å². The molecule has 136 valence electrons. The molecule has 27 heavy (non-hydrogen) atoms. The maximum Gasteiger partial charge on any atom is 0.328 e. The van der Waals surface area contributed by atoms with Crippen LogP contribution in [0.2, 0.25) is 0 Å². The van der Waals surface area contributed by atoms with Crippen molar-refractivity contribution >= 4 is 35.0 Å². The van der Waals surface area contributed by atoms with E-state index in [2.05, 4.69) is 4.74 Å². The Bertz CT molecular complexity index is 984. The van der Waals surface area contributed by atoms with E-state index in [1.54, 1.807) is 36.4 Å². The Labute approximate surface area is 159 Å². The first-order chi connectivity index (χ1) is 12.9. The summed E-state index contributed by atoms with van der Waals surface area (Å²) in [4.78, 5) is 37.2. The van der Waals surface area contributed by atoms with Gasteiger partial charge in [0.15, 0.2) is 0 Å². The largest absolute Gasteiger partial charge is 0.467 e. The summed E-state index contributed by atoms with van der Waals surface area (Å²) < 4.78 is 10.3. The third-order valence-corrected chi connectivity index (χ3v) is 4.84. The molecule has 0 radical (unpaired) electrons. The van der Waals surface area contributed by atoms with Crippen molar-refractivity contribution in [2.24, 2.45) is 0 Å². The molecular weight excluding hydrogens is 368 g/mol. The van der Waals surface area contributed by atoms with Crippen LogP contribution < -0.4 is 0 Å². The lowest BCUT2D eigenvalue weighted by molar-refractivity contribution is -0.148. The van der Waals surface area contributed by atoms with Gasteiger partial charge in [-0.25, -0.2) is 4.79 Å². The van der Waals surface area contributed by atoms with Gasteiger partial charge < -0.3 is 9.15 Å². The lowest BCUT2D eigenvalue weighted by atomic mass is 10.1. The Hall–Kier alpha value is -3.31. The maximum absolute atomic E-state index is 12.5.